The fraction of sp³-hybridized carbons (Fsp3) is 0.545. The van der Waals surface area contributed by atoms with E-state index >= 15 is 0 Å². The molecular weight excluding hydrogens is 354 g/mol. The molecular formula is C22H33N3O3. The summed E-state index contributed by atoms with van der Waals surface area (Å²) < 4.78 is 12.7. The Labute approximate surface area is 168 Å². The van der Waals surface area contributed by atoms with Crippen LogP contribution in [0.25, 0.3) is 0 Å². The van der Waals surface area contributed by atoms with Gasteiger partial charge in [-0.3, -0.25) is 4.79 Å². The van der Waals surface area contributed by atoms with Crippen LogP contribution in [0.1, 0.15) is 59.2 Å². The van der Waals surface area contributed by atoms with E-state index in [9.17, 15) is 4.79 Å². The predicted octanol–water partition coefficient (Wildman–Crippen LogP) is 4.52. The maximum Gasteiger partial charge on any atom is 0.225 e. The summed E-state index contributed by atoms with van der Waals surface area (Å²) in [6, 6.07) is 7.66. The number of aromatic nitrogens is 2. The number of nitrogens with zero attached hydrogens (tertiary/aromatic N) is 2. The van der Waals surface area contributed by atoms with Crippen LogP contribution in [-0.4, -0.2) is 29.9 Å². The van der Waals surface area contributed by atoms with Crippen LogP contribution in [0, 0.1) is 0 Å². The van der Waals surface area contributed by atoms with E-state index in [2.05, 4.69) is 46.9 Å². The summed E-state index contributed by atoms with van der Waals surface area (Å²) >= 11 is 0. The lowest BCUT2D eigenvalue weighted by Crippen LogP contribution is -2.27. The average Bonchev–Trinajstić information content (AvgIpc) is 3.03. The van der Waals surface area contributed by atoms with Crippen molar-refractivity contribution in [1.82, 2.24) is 9.78 Å². The quantitative estimate of drug-likeness (QED) is 0.791. The van der Waals surface area contributed by atoms with E-state index < -0.39 is 0 Å². The number of benzene rings is 1. The molecule has 0 spiro atoms. The highest BCUT2D eigenvalue weighted by molar-refractivity contribution is 5.90. The minimum atomic E-state index is -0.234. The molecule has 0 saturated carbocycles. The molecule has 28 heavy (non-hydrogen) atoms. The molecule has 6 heteroatoms. The Bertz CT molecular complexity index is 827. The summed E-state index contributed by atoms with van der Waals surface area (Å²) in [4.78, 5) is 12.7. The number of para-hydroxylation sites is 1. The monoisotopic (exact) mass is 387 g/mol. The maximum absolute atomic E-state index is 12.7. The van der Waals surface area contributed by atoms with Crippen molar-refractivity contribution in [3.05, 3.63) is 35.5 Å². The number of anilines is 1. The van der Waals surface area contributed by atoms with Crippen LogP contribution in [0.4, 0.5) is 5.82 Å². The predicted molar refractivity (Wildman–Crippen MR) is 112 cm³/mol. The van der Waals surface area contributed by atoms with Crippen LogP contribution in [-0.2, 0) is 22.2 Å². The molecule has 0 aliphatic heterocycles. The molecule has 0 radical (unpaired) electrons. The Kier molecular flexibility index (Phi) is 6.42. The molecule has 2 rings (SSSR count). The topological polar surface area (TPSA) is 65.4 Å². The van der Waals surface area contributed by atoms with E-state index in [1.54, 1.807) is 14.2 Å². The van der Waals surface area contributed by atoms with Crippen molar-refractivity contribution in [3.63, 3.8) is 0 Å². The lowest BCUT2D eigenvalue weighted by molar-refractivity contribution is -0.116. The summed E-state index contributed by atoms with van der Waals surface area (Å²) in [5, 5.41) is 7.77. The highest BCUT2D eigenvalue weighted by Gasteiger charge is 2.25. The molecule has 1 heterocycles. The van der Waals surface area contributed by atoms with Crippen LogP contribution in [0.5, 0.6) is 11.5 Å². The van der Waals surface area contributed by atoms with Crippen LogP contribution in [0.15, 0.2) is 24.3 Å². The Morgan fingerprint density at radius 1 is 1.11 bits per heavy atom. The highest BCUT2D eigenvalue weighted by atomic mass is 16.5. The normalized spacial score (nSPS) is 12.0. The molecule has 0 unspecified atom stereocenters. The van der Waals surface area contributed by atoms with Gasteiger partial charge >= 0.3 is 0 Å². The smallest absolute Gasteiger partial charge is 0.225 e. The van der Waals surface area contributed by atoms with E-state index in [1.165, 1.54) is 0 Å². The second kappa shape index (κ2) is 8.25. The molecule has 0 aliphatic rings. The van der Waals surface area contributed by atoms with E-state index in [0.717, 1.165) is 17.1 Å². The van der Waals surface area contributed by atoms with Gasteiger partial charge in [0.25, 0.3) is 0 Å². The van der Waals surface area contributed by atoms with Gasteiger partial charge in [0.1, 0.15) is 5.82 Å². The molecule has 6 nitrogen and oxygen atoms in total. The van der Waals surface area contributed by atoms with Crippen molar-refractivity contribution in [2.24, 2.45) is 0 Å². The molecule has 1 aromatic heterocycles. The number of nitrogens with one attached hydrogen (secondary N) is 1. The SMILES string of the molecule is COc1cccc(CCC(=O)Nc2cc(C(C)(C)C)nn2C(C)(C)C)c1OC. The largest absolute Gasteiger partial charge is 0.493 e. The average molecular weight is 388 g/mol. The summed E-state index contributed by atoms with van der Waals surface area (Å²) in [6.07, 6.45) is 0.895. The minimum Gasteiger partial charge on any atom is -0.493 e. The molecule has 0 atom stereocenters. The number of hydrogen-bond donors (Lipinski definition) is 1. The molecule has 1 amide bonds. The summed E-state index contributed by atoms with van der Waals surface area (Å²) in [5.74, 6) is 2.00. The van der Waals surface area contributed by atoms with Gasteiger partial charge in [0.05, 0.1) is 25.5 Å². The third-order valence-electron chi connectivity index (χ3n) is 4.49. The third kappa shape index (κ3) is 5.06. The van der Waals surface area contributed by atoms with Crippen LogP contribution in [0.2, 0.25) is 0 Å². The second-order valence-corrected chi connectivity index (χ2v) is 8.95. The molecule has 0 bridgehead atoms. The van der Waals surface area contributed by atoms with Gasteiger partial charge in [0.15, 0.2) is 11.5 Å². The highest BCUT2D eigenvalue weighted by Crippen LogP contribution is 2.32. The minimum absolute atomic E-state index is 0.0595. The first-order chi connectivity index (χ1) is 13.0. The van der Waals surface area contributed by atoms with Gasteiger partial charge in [-0.05, 0) is 38.8 Å². The summed E-state index contributed by atoms with van der Waals surface area (Å²) in [6.45, 7) is 12.6. The first-order valence-electron chi connectivity index (χ1n) is 9.58. The van der Waals surface area contributed by atoms with Gasteiger partial charge in [-0.15, -0.1) is 0 Å². The molecule has 0 aliphatic carbocycles. The lowest BCUT2D eigenvalue weighted by Gasteiger charge is -2.23. The van der Waals surface area contributed by atoms with Gasteiger partial charge in [0, 0.05) is 17.9 Å². The fourth-order valence-electron chi connectivity index (χ4n) is 2.95. The number of aryl methyl sites for hydroxylation is 1. The zero-order chi connectivity index (χ0) is 21.1. The Balaban J connectivity index is 2.17. The van der Waals surface area contributed by atoms with Gasteiger partial charge in [-0.2, -0.15) is 5.10 Å². The Morgan fingerprint density at radius 3 is 2.32 bits per heavy atom. The van der Waals surface area contributed by atoms with E-state index in [-0.39, 0.29) is 16.9 Å². The van der Waals surface area contributed by atoms with Crippen molar-refractivity contribution in [2.75, 3.05) is 19.5 Å². The molecule has 2 aromatic rings. The van der Waals surface area contributed by atoms with Gasteiger partial charge < -0.3 is 14.8 Å². The van der Waals surface area contributed by atoms with E-state index in [4.69, 9.17) is 14.6 Å². The zero-order valence-corrected chi connectivity index (χ0v) is 18.3. The molecule has 1 aromatic carbocycles. The van der Waals surface area contributed by atoms with Crippen molar-refractivity contribution < 1.29 is 14.3 Å². The first-order valence-corrected chi connectivity index (χ1v) is 9.58. The number of rotatable bonds is 6. The van der Waals surface area contributed by atoms with Crippen molar-refractivity contribution >= 4 is 11.7 Å². The van der Waals surface area contributed by atoms with E-state index in [0.29, 0.717) is 24.3 Å². The van der Waals surface area contributed by atoms with E-state index in [1.807, 2.05) is 28.9 Å². The zero-order valence-electron chi connectivity index (χ0n) is 18.3. The number of amides is 1. The Hall–Kier alpha value is -2.50. The van der Waals surface area contributed by atoms with Crippen LogP contribution < -0.4 is 14.8 Å². The van der Waals surface area contributed by atoms with Crippen LogP contribution >= 0.6 is 0 Å². The van der Waals surface area contributed by atoms with Crippen molar-refractivity contribution in [3.8, 4) is 11.5 Å². The summed E-state index contributed by atoms with van der Waals surface area (Å²) in [5.41, 5.74) is 1.57. The number of carbonyl (C=O) groups is 1. The maximum atomic E-state index is 12.7. The van der Waals surface area contributed by atoms with Gasteiger partial charge in [-0.25, -0.2) is 4.68 Å². The summed E-state index contributed by atoms with van der Waals surface area (Å²) in [7, 11) is 3.21. The number of hydrogen-bond acceptors (Lipinski definition) is 4. The van der Waals surface area contributed by atoms with Gasteiger partial charge in [-0.1, -0.05) is 32.9 Å². The lowest BCUT2D eigenvalue weighted by atomic mass is 9.92. The molecule has 1 N–H and O–H groups in total. The molecule has 154 valence electrons. The Morgan fingerprint density at radius 2 is 1.79 bits per heavy atom. The number of carbonyl (C=O) groups excluding carboxylic acids is 1. The first kappa shape index (κ1) is 21.8. The second-order valence-electron chi connectivity index (χ2n) is 8.95. The van der Waals surface area contributed by atoms with Crippen molar-refractivity contribution in [1.29, 1.82) is 0 Å². The standard InChI is InChI=1S/C22H33N3O3/c1-21(2,3)17-14-18(25(24-17)22(4,5)6)23-19(26)13-12-15-10-9-11-16(27-7)20(15)28-8/h9-11,14H,12-13H2,1-8H3,(H,23,26). The van der Waals surface area contributed by atoms with Crippen molar-refractivity contribution in [2.45, 2.75) is 65.3 Å². The number of ether oxygens (including phenoxy) is 2. The third-order valence-corrected chi connectivity index (χ3v) is 4.49. The van der Waals surface area contributed by atoms with Crippen LogP contribution in [0.3, 0.4) is 0 Å². The molecule has 0 fully saturated rings. The fourth-order valence-corrected chi connectivity index (χ4v) is 2.95. The molecule has 0 saturated heterocycles. The van der Waals surface area contributed by atoms with Gasteiger partial charge in [0.2, 0.25) is 5.91 Å². The number of methoxy groups -OCH3 is 2.